The summed E-state index contributed by atoms with van der Waals surface area (Å²) in [5, 5.41) is 12.2. The van der Waals surface area contributed by atoms with Crippen LogP contribution in [0.1, 0.15) is 35.1 Å². The predicted octanol–water partition coefficient (Wildman–Crippen LogP) is 2.87. The van der Waals surface area contributed by atoms with Gasteiger partial charge in [0.1, 0.15) is 6.04 Å². The molecule has 4 heteroatoms. The number of nitriles is 1. The van der Waals surface area contributed by atoms with E-state index in [2.05, 4.69) is 16.4 Å². The molecule has 0 saturated heterocycles. The summed E-state index contributed by atoms with van der Waals surface area (Å²) in [5.41, 5.74) is 2.96. The average Bonchev–Trinajstić information content (AvgIpc) is 3.35. The second-order valence-electron chi connectivity index (χ2n) is 5.66. The van der Waals surface area contributed by atoms with Gasteiger partial charge in [0.05, 0.1) is 6.07 Å². The first-order valence-corrected chi connectivity index (χ1v) is 7.36. The van der Waals surface area contributed by atoms with Gasteiger partial charge >= 0.3 is 0 Å². The molecule has 1 saturated carbocycles. The van der Waals surface area contributed by atoms with Crippen molar-refractivity contribution in [3.8, 4) is 6.07 Å². The third-order valence-electron chi connectivity index (χ3n) is 4.15. The van der Waals surface area contributed by atoms with Gasteiger partial charge in [-0.15, -0.1) is 0 Å². The van der Waals surface area contributed by atoms with Crippen LogP contribution < -0.4 is 5.32 Å². The molecular formula is C18H17N3O. The lowest BCUT2D eigenvalue weighted by Crippen LogP contribution is -2.29. The molecule has 0 unspecified atom stereocenters. The molecule has 110 valence electrons. The van der Waals surface area contributed by atoms with Crippen LogP contribution in [0.25, 0.3) is 0 Å². The van der Waals surface area contributed by atoms with Crippen molar-refractivity contribution in [2.75, 3.05) is 0 Å². The number of hydrogen-bond acceptors (Lipinski definition) is 3. The normalized spacial score (nSPS) is 20.7. The van der Waals surface area contributed by atoms with Crippen LogP contribution in [0.2, 0.25) is 0 Å². The van der Waals surface area contributed by atoms with Crippen molar-refractivity contribution in [2.45, 2.75) is 25.3 Å². The Morgan fingerprint density at radius 2 is 2.18 bits per heavy atom. The SMILES string of the molecule is Cc1ccccc1[C@H](C#N)NC(=O)[C@H]1C[C@H]1c1cccnc1. The number of hydrogen-bond donors (Lipinski definition) is 1. The fourth-order valence-electron chi connectivity index (χ4n) is 2.79. The number of rotatable bonds is 4. The van der Waals surface area contributed by atoms with Gasteiger partial charge in [-0.25, -0.2) is 0 Å². The third-order valence-corrected chi connectivity index (χ3v) is 4.15. The van der Waals surface area contributed by atoms with Crippen molar-refractivity contribution < 1.29 is 4.79 Å². The summed E-state index contributed by atoms with van der Waals surface area (Å²) >= 11 is 0. The van der Waals surface area contributed by atoms with Gasteiger partial charge in [-0.05, 0) is 42.0 Å². The number of carbonyl (C=O) groups is 1. The fraction of sp³-hybridized carbons (Fsp3) is 0.278. The predicted molar refractivity (Wildman–Crippen MR) is 82.8 cm³/mol. The summed E-state index contributed by atoms with van der Waals surface area (Å²) in [7, 11) is 0. The molecule has 1 heterocycles. The van der Waals surface area contributed by atoms with Crippen LogP contribution in [-0.4, -0.2) is 10.9 Å². The van der Waals surface area contributed by atoms with Crippen molar-refractivity contribution in [3.05, 3.63) is 65.5 Å². The van der Waals surface area contributed by atoms with Crippen LogP contribution in [0.3, 0.4) is 0 Å². The molecule has 4 nitrogen and oxygen atoms in total. The van der Waals surface area contributed by atoms with E-state index >= 15 is 0 Å². The highest BCUT2D eigenvalue weighted by molar-refractivity contribution is 5.83. The molecule has 1 amide bonds. The maximum atomic E-state index is 12.4. The smallest absolute Gasteiger partial charge is 0.225 e. The summed E-state index contributed by atoms with van der Waals surface area (Å²) in [5.74, 6) is 0.123. The lowest BCUT2D eigenvalue weighted by atomic mass is 10.0. The molecule has 1 aliphatic carbocycles. The Morgan fingerprint density at radius 3 is 2.86 bits per heavy atom. The number of pyridine rings is 1. The van der Waals surface area contributed by atoms with Crippen molar-refractivity contribution >= 4 is 5.91 Å². The monoisotopic (exact) mass is 291 g/mol. The Hall–Kier alpha value is -2.67. The van der Waals surface area contributed by atoms with E-state index in [-0.39, 0.29) is 17.7 Å². The van der Waals surface area contributed by atoms with Gasteiger partial charge in [0.15, 0.2) is 0 Å². The quantitative estimate of drug-likeness (QED) is 0.942. The molecule has 0 bridgehead atoms. The molecule has 1 aromatic heterocycles. The molecule has 0 spiro atoms. The average molecular weight is 291 g/mol. The van der Waals surface area contributed by atoms with Gasteiger partial charge in [-0.2, -0.15) is 5.26 Å². The van der Waals surface area contributed by atoms with Gasteiger partial charge in [0.25, 0.3) is 0 Å². The van der Waals surface area contributed by atoms with Gasteiger partial charge in [0.2, 0.25) is 5.91 Å². The summed E-state index contributed by atoms with van der Waals surface area (Å²) in [6.45, 7) is 1.95. The molecule has 22 heavy (non-hydrogen) atoms. The summed E-state index contributed by atoms with van der Waals surface area (Å²) in [4.78, 5) is 16.5. The van der Waals surface area contributed by atoms with E-state index in [1.165, 1.54) is 0 Å². The third kappa shape index (κ3) is 2.84. The minimum atomic E-state index is -0.594. The van der Waals surface area contributed by atoms with E-state index in [4.69, 9.17) is 0 Å². The van der Waals surface area contributed by atoms with Crippen LogP contribution in [0.15, 0.2) is 48.8 Å². The first kappa shape index (κ1) is 14.3. The van der Waals surface area contributed by atoms with Crippen molar-refractivity contribution in [1.29, 1.82) is 5.26 Å². The number of carbonyl (C=O) groups excluding carboxylic acids is 1. The van der Waals surface area contributed by atoms with Crippen molar-refractivity contribution in [1.82, 2.24) is 10.3 Å². The van der Waals surface area contributed by atoms with Crippen LogP contribution in [0, 0.1) is 24.2 Å². The maximum absolute atomic E-state index is 12.4. The second kappa shape index (κ2) is 5.98. The lowest BCUT2D eigenvalue weighted by molar-refractivity contribution is -0.122. The maximum Gasteiger partial charge on any atom is 0.225 e. The molecule has 0 radical (unpaired) electrons. The van der Waals surface area contributed by atoms with Crippen molar-refractivity contribution in [3.63, 3.8) is 0 Å². The molecule has 2 aromatic rings. The topological polar surface area (TPSA) is 65.8 Å². The largest absolute Gasteiger partial charge is 0.336 e. The Labute approximate surface area is 129 Å². The molecular weight excluding hydrogens is 274 g/mol. The van der Waals surface area contributed by atoms with E-state index in [0.29, 0.717) is 0 Å². The van der Waals surface area contributed by atoms with E-state index in [0.717, 1.165) is 23.1 Å². The zero-order valence-electron chi connectivity index (χ0n) is 12.4. The van der Waals surface area contributed by atoms with E-state index in [1.54, 1.807) is 12.4 Å². The molecule has 3 rings (SSSR count). The van der Waals surface area contributed by atoms with Crippen LogP contribution in [0.4, 0.5) is 0 Å². The number of aryl methyl sites for hydroxylation is 1. The van der Waals surface area contributed by atoms with E-state index < -0.39 is 6.04 Å². The first-order chi connectivity index (χ1) is 10.7. The molecule has 3 atom stereocenters. The Kier molecular flexibility index (Phi) is 3.88. The summed E-state index contributed by atoms with van der Waals surface area (Å²) in [6.07, 6.45) is 4.36. The van der Waals surface area contributed by atoms with Gasteiger partial charge in [-0.1, -0.05) is 30.3 Å². The zero-order chi connectivity index (χ0) is 15.5. The molecule has 1 aromatic carbocycles. The minimum Gasteiger partial charge on any atom is -0.336 e. The van der Waals surface area contributed by atoms with Gasteiger partial charge in [0, 0.05) is 18.3 Å². The highest BCUT2D eigenvalue weighted by atomic mass is 16.2. The number of nitrogens with one attached hydrogen (secondary N) is 1. The number of benzene rings is 1. The van der Waals surface area contributed by atoms with E-state index in [9.17, 15) is 10.1 Å². The highest BCUT2D eigenvalue weighted by Gasteiger charge is 2.44. The van der Waals surface area contributed by atoms with Crippen LogP contribution >= 0.6 is 0 Å². The highest BCUT2D eigenvalue weighted by Crippen LogP contribution is 2.47. The Morgan fingerprint density at radius 1 is 1.36 bits per heavy atom. The summed E-state index contributed by atoms with van der Waals surface area (Å²) in [6, 6.07) is 13.1. The Bertz CT molecular complexity index is 721. The molecule has 1 fully saturated rings. The molecule has 1 aliphatic rings. The zero-order valence-corrected chi connectivity index (χ0v) is 12.4. The lowest BCUT2D eigenvalue weighted by Gasteiger charge is -2.14. The van der Waals surface area contributed by atoms with E-state index in [1.807, 2.05) is 43.3 Å². The molecule has 0 aliphatic heterocycles. The second-order valence-corrected chi connectivity index (χ2v) is 5.66. The summed E-state index contributed by atoms with van der Waals surface area (Å²) < 4.78 is 0. The van der Waals surface area contributed by atoms with Crippen molar-refractivity contribution in [2.24, 2.45) is 5.92 Å². The fourth-order valence-corrected chi connectivity index (χ4v) is 2.79. The molecule has 1 N–H and O–H groups in total. The standard InChI is InChI=1S/C18H17N3O/c1-12-5-2-3-7-14(12)17(10-19)21-18(22)16-9-15(16)13-6-4-8-20-11-13/h2-8,11,15-17H,9H2,1H3,(H,21,22)/t15-,16-,17-/m0/s1. The van der Waals surface area contributed by atoms with Crippen LogP contribution in [-0.2, 0) is 4.79 Å². The number of amides is 1. The van der Waals surface area contributed by atoms with Gasteiger partial charge in [-0.3, -0.25) is 9.78 Å². The minimum absolute atomic E-state index is 0.0518. The number of aromatic nitrogens is 1. The van der Waals surface area contributed by atoms with Gasteiger partial charge < -0.3 is 5.32 Å². The number of nitrogens with zero attached hydrogens (tertiary/aromatic N) is 2. The first-order valence-electron chi connectivity index (χ1n) is 7.36. The Balaban J connectivity index is 1.67. The van der Waals surface area contributed by atoms with Crippen LogP contribution in [0.5, 0.6) is 0 Å².